The Bertz CT molecular complexity index is 147. The van der Waals surface area contributed by atoms with Crippen LogP contribution in [0.15, 0.2) is 0 Å². The molecule has 0 radical (unpaired) electrons. The topological polar surface area (TPSA) is 73.2 Å². The highest BCUT2D eigenvalue weighted by molar-refractivity contribution is 5.02. The van der Waals surface area contributed by atoms with Crippen molar-refractivity contribution in [2.24, 2.45) is 0 Å². The van der Waals surface area contributed by atoms with Gasteiger partial charge in [0.15, 0.2) is 0 Å². The zero-order valence-corrected chi connectivity index (χ0v) is 5.34. The molecule has 5 atom stereocenters. The van der Waals surface area contributed by atoms with Gasteiger partial charge in [0.1, 0.15) is 18.3 Å². The van der Waals surface area contributed by atoms with Crippen LogP contribution in [0.3, 0.4) is 0 Å². The summed E-state index contributed by atoms with van der Waals surface area (Å²) in [5, 5.41) is 27.2. The second-order valence-corrected chi connectivity index (χ2v) is 2.92. The molecule has 0 aromatic carbocycles. The van der Waals surface area contributed by atoms with E-state index in [1.807, 2.05) is 0 Å². The van der Waals surface area contributed by atoms with Crippen LogP contribution in [0.1, 0.15) is 6.42 Å². The summed E-state index contributed by atoms with van der Waals surface area (Å²) in [6.45, 7) is 0. The zero-order chi connectivity index (χ0) is 7.30. The molecule has 58 valence electrons. The van der Waals surface area contributed by atoms with Crippen LogP contribution in [0, 0.1) is 0 Å². The van der Waals surface area contributed by atoms with Gasteiger partial charge < -0.3 is 20.1 Å². The van der Waals surface area contributed by atoms with Crippen molar-refractivity contribution < 1.29 is 20.1 Å². The van der Waals surface area contributed by atoms with E-state index in [9.17, 15) is 0 Å². The lowest BCUT2D eigenvalue weighted by Gasteiger charge is -2.24. The van der Waals surface area contributed by atoms with Gasteiger partial charge in [-0.1, -0.05) is 0 Å². The molecular weight excluding hydrogens is 136 g/mol. The minimum atomic E-state index is -1.02. The van der Waals surface area contributed by atoms with Crippen LogP contribution < -0.4 is 0 Å². The molecule has 0 aromatic heterocycles. The summed E-state index contributed by atoms with van der Waals surface area (Å²) in [6, 6.07) is 0. The standard InChI is InChI=1S/C6H10O4/c7-2-1-3-6(10-3)5(9)4(2)8/h2-9H,1H2/t2-,3+,4+,5+,6+/m1/s1. The molecular formula is C6H10O4. The average Bonchev–Trinajstić information content (AvgIpc) is 2.62. The Hall–Kier alpha value is -0.160. The molecule has 1 aliphatic heterocycles. The Balaban J connectivity index is 2.07. The Morgan fingerprint density at radius 3 is 2.50 bits per heavy atom. The van der Waals surface area contributed by atoms with Gasteiger partial charge in [-0.15, -0.1) is 0 Å². The van der Waals surface area contributed by atoms with Crippen LogP contribution in [-0.2, 0) is 4.74 Å². The van der Waals surface area contributed by atoms with Crippen LogP contribution in [0.4, 0.5) is 0 Å². The summed E-state index contributed by atoms with van der Waals surface area (Å²) < 4.78 is 4.96. The van der Waals surface area contributed by atoms with Crippen LogP contribution in [0.2, 0.25) is 0 Å². The van der Waals surface area contributed by atoms with E-state index in [2.05, 4.69) is 0 Å². The largest absolute Gasteiger partial charge is 0.390 e. The van der Waals surface area contributed by atoms with Gasteiger partial charge in [0.2, 0.25) is 0 Å². The maximum Gasteiger partial charge on any atom is 0.113 e. The fourth-order valence-electron chi connectivity index (χ4n) is 1.45. The van der Waals surface area contributed by atoms with Gasteiger partial charge in [0.25, 0.3) is 0 Å². The summed E-state index contributed by atoms with van der Waals surface area (Å²) in [7, 11) is 0. The van der Waals surface area contributed by atoms with E-state index in [1.54, 1.807) is 0 Å². The Morgan fingerprint density at radius 2 is 1.80 bits per heavy atom. The number of epoxide rings is 1. The van der Waals surface area contributed by atoms with Gasteiger partial charge in [-0.2, -0.15) is 0 Å². The third-order valence-electron chi connectivity index (χ3n) is 2.18. The Labute approximate surface area is 58.0 Å². The van der Waals surface area contributed by atoms with Crippen LogP contribution >= 0.6 is 0 Å². The molecule has 1 saturated heterocycles. The molecule has 10 heavy (non-hydrogen) atoms. The van der Waals surface area contributed by atoms with E-state index in [1.165, 1.54) is 0 Å². The highest BCUT2D eigenvalue weighted by Gasteiger charge is 2.54. The second-order valence-electron chi connectivity index (χ2n) is 2.92. The lowest BCUT2D eigenvalue weighted by molar-refractivity contribution is -0.0759. The molecule has 2 rings (SSSR count). The first kappa shape index (κ1) is 6.54. The number of ether oxygens (including phenoxy) is 1. The Kier molecular flexibility index (Phi) is 1.25. The van der Waals surface area contributed by atoms with Crippen molar-refractivity contribution in [3.63, 3.8) is 0 Å². The monoisotopic (exact) mass is 146 g/mol. The quantitative estimate of drug-likeness (QED) is 0.354. The fraction of sp³-hybridized carbons (Fsp3) is 1.00. The SMILES string of the molecule is O[C@@H]1[C@H](O)[C@H]2O[C@H]2C[C@H]1O. The van der Waals surface area contributed by atoms with Gasteiger partial charge in [-0.05, 0) is 0 Å². The Morgan fingerprint density at radius 1 is 1.10 bits per heavy atom. The molecule has 4 nitrogen and oxygen atoms in total. The van der Waals surface area contributed by atoms with Crippen molar-refractivity contribution in [2.75, 3.05) is 0 Å². The van der Waals surface area contributed by atoms with Crippen LogP contribution in [0.5, 0.6) is 0 Å². The number of aliphatic hydroxyl groups excluding tert-OH is 3. The molecule has 0 amide bonds. The van der Waals surface area contributed by atoms with Crippen LogP contribution in [-0.4, -0.2) is 45.8 Å². The third kappa shape index (κ3) is 0.769. The number of hydrogen-bond acceptors (Lipinski definition) is 4. The normalized spacial score (nSPS) is 59.7. The van der Waals surface area contributed by atoms with Crippen molar-refractivity contribution in [3.05, 3.63) is 0 Å². The fourth-order valence-corrected chi connectivity index (χ4v) is 1.45. The number of rotatable bonds is 0. The highest BCUT2D eigenvalue weighted by atomic mass is 16.6. The molecule has 0 spiro atoms. The van der Waals surface area contributed by atoms with E-state index < -0.39 is 18.3 Å². The van der Waals surface area contributed by atoms with Gasteiger partial charge in [0.05, 0.1) is 12.2 Å². The minimum Gasteiger partial charge on any atom is -0.390 e. The predicted octanol–water partition coefficient (Wildman–Crippen LogP) is -1.76. The molecule has 4 heteroatoms. The van der Waals surface area contributed by atoms with E-state index >= 15 is 0 Å². The maximum atomic E-state index is 9.12. The highest BCUT2D eigenvalue weighted by Crippen LogP contribution is 2.36. The lowest BCUT2D eigenvalue weighted by Crippen LogP contribution is -2.45. The van der Waals surface area contributed by atoms with E-state index in [4.69, 9.17) is 20.1 Å². The van der Waals surface area contributed by atoms with Crippen molar-refractivity contribution in [1.29, 1.82) is 0 Å². The summed E-state index contributed by atoms with van der Waals surface area (Å²) in [6.07, 6.45) is -2.54. The van der Waals surface area contributed by atoms with Gasteiger partial charge in [0, 0.05) is 6.42 Å². The number of fused-ring (bicyclic) bond motifs is 1. The van der Waals surface area contributed by atoms with E-state index in [-0.39, 0.29) is 12.2 Å². The van der Waals surface area contributed by atoms with Crippen molar-refractivity contribution >= 4 is 0 Å². The predicted molar refractivity (Wildman–Crippen MR) is 31.3 cm³/mol. The first-order chi connectivity index (χ1) is 4.70. The molecule has 1 aliphatic carbocycles. The molecule has 2 aliphatic rings. The van der Waals surface area contributed by atoms with Crippen LogP contribution in [0.25, 0.3) is 0 Å². The molecule has 0 aromatic rings. The van der Waals surface area contributed by atoms with Crippen molar-refractivity contribution in [2.45, 2.75) is 36.9 Å². The molecule has 3 N–H and O–H groups in total. The zero-order valence-electron chi connectivity index (χ0n) is 5.34. The van der Waals surface area contributed by atoms with Gasteiger partial charge in [-0.3, -0.25) is 0 Å². The summed E-state index contributed by atoms with van der Waals surface area (Å²) in [5.41, 5.74) is 0. The summed E-state index contributed by atoms with van der Waals surface area (Å²) in [4.78, 5) is 0. The smallest absolute Gasteiger partial charge is 0.113 e. The first-order valence-corrected chi connectivity index (χ1v) is 3.40. The maximum absolute atomic E-state index is 9.12. The molecule has 1 heterocycles. The number of aliphatic hydroxyl groups is 3. The lowest BCUT2D eigenvalue weighted by atomic mass is 9.92. The molecule has 0 bridgehead atoms. The summed E-state index contributed by atoms with van der Waals surface area (Å²) >= 11 is 0. The minimum absolute atomic E-state index is 0.0200. The van der Waals surface area contributed by atoms with Crippen molar-refractivity contribution in [1.82, 2.24) is 0 Å². The third-order valence-corrected chi connectivity index (χ3v) is 2.18. The van der Waals surface area contributed by atoms with Gasteiger partial charge in [-0.25, -0.2) is 0 Å². The molecule has 1 saturated carbocycles. The second kappa shape index (κ2) is 1.92. The average molecular weight is 146 g/mol. The van der Waals surface area contributed by atoms with Gasteiger partial charge >= 0.3 is 0 Å². The number of hydrogen-bond donors (Lipinski definition) is 3. The van der Waals surface area contributed by atoms with E-state index in [0.29, 0.717) is 6.42 Å². The summed E-state index contributed by atoms with van der Waals surface area (Å²) in [5.74, 6) is 0. The first-order valence-electron chi connectivity index (χ1n) is 3.40. The molecule has 0 unspecified atom stereocenters. The van der Waals surface area contributed by atoms with Crippen molar-refractivity contribution in [3.8, 4) is 0 Å². The van der Waals surface area contributed by atoms with E-state index in [0.717, 1.165) is 0 Å². The molecule has 2 fully saturated rings.